The molecule has 3 aromatic carbocycles. The van der Waals surface area contributed by atoms with E-state index < -0.39 is 0 Å². The number of benzene rings is 3. The molecule has 0 unspecified atom stereocenters. The molecule has 1 heterocycles. The van der Waals surface area contributed by atoms with Crippen LogP contribution in [0.5, 0.6) is 0 Å². The molecule has 0 atom stereocenters. The minimum Gasteiger partial charge on any atom is -0.289 e. The summed E-state index contributed by atoms with van der Waals surface area (Å²) in [5.74, 6) is 1.74. The minimum atomic E-state index is -0.0924. The first-order chi connectivity index (χ1) is 19.9. The fourth-order valence-electron chi connectivity index (χ4n) is 5.78. The van der Waals surface area contributed by atoms with Gasteiger partial charge in [-0.1, -0.05) is 24.3 Å². The monoisotopic (exact) mass is 652 g/mol. The number of aromatic nitrogens is 2. The van der Waals surface area contributed by atoms with Crippen molar-refractivity contribution in [3.63, 3.8) is 0 Å². The summed E-state index contributed by atoms with van der Waals surface area (Å²) >= 11 is 3.60. The molecule has 5 heteroatoms. The number of carbonyl (C=O) groups excluding carboxylic acids is 2. The van der Waals surface area contributed by atoms with Gasteiger partial charge >= 0.3 is 193 Å². The number of imidazole rings is 1. The van der Waals surface area contributed by atoms with Gasteiger partial charge in [0.15, 0.2) is 11.6 Å². The Kier molecular flexibility index (Phi) is 9.98. The third-order valence-electron chi connectivity index (χ3n) is 7.73. The van der Waals surface area contributed by atoms with Crippen LogP contribution in [0.25, 0.3) is 11.4 Å². The van der Waals surface area contributed by atoms with Crippen molar-refractivity contribution < 1.29 is 28.3 Å². The Morgan fingerprint density at radius 1 is 0.524 bits per heavy atom. The van der Waals surface area contributed by atoms with Crippen molar-refractivity contribution in [2.45, 2.75) is 79.1 Å². The SMILES string of the molecule is CC(C)c1cccc(-n2ccn(-c3cccc(C(C)C)c3C(C)C)[c]2=[Pd])c1C(C)C.O=C1C=CC(=O)c2ccccc21. The van der Waals surface area contributed by atoms with Crippen molar-refractivity contribution in [1.82, 2.24) is 9.13 Å². The minimum absolute atomic E-state index is 0.0924. The summed E-state index contributed by atoms with van der Waals surface area (Å²) in [6.07, 6.45) is 7.00. The van der Waals surface area contributed by atoms with Gasteiger partial charge in [0.2, 0.25) is 0 Å². The third-order valence-corrected chi connectivity index (χ3v) is 8.48. The van der Waals surface area contributed by atoms with E-state index in [4.69, 9.17) is 0 Å². The molecule has 222 valence electrons. The van der Waals surface area contributed by atoms with Crippen LogP contribution in [0.15, 0.2) is 85.2 Å². The Morgan fingerprint density at radius 2 is 0.905 bits per heavy atom. The van der Waals surface area contributed by atoms with Crippen LogP contribution in [-0.4, -0.2) is 20.7 Å². The maximum absolute atomic E-state index is 11.2. The van der Waals surface area contributed by atoms with Gasteiger partial charge in [-0.2, -0.15) is 0 Å². The second kappa shape index (κ2) is 13.3. The van der Waals surface area contributed by atoms with Crippen LogP contribution >= 0.6 is 0 Å². The van der Waals surface area contributed by atoms with Crippen molar-refractivity contribution in [3.05, 3.63) is 122 Å². The number of hydrogen-bond donors (Lipinski definition) is 0. The first kappa shape index (κ1) is 31.5. The average Bonchev–Trinajstić information content (AvgIpc) is 3.35. The van der Waals surface area contributed by atoms with Crippen molar-refractivity contribution >= 4 is 11.6 Å². The molecule has 4 nitrogen and oxygen atoms in total. The molecule has 5 rings (SSSR count). The van der Waals surface area contributed by atoms with Crippen LogP contribution in [-0.2, 0) is 18.7 Å². The molecule has 4 aromatic rings. The first-order valence-corrected chi connectivity index (χ1v) is 15.6. The van der Waals surface area contributed by atoms with Gasteiger partial charge in [0.05, 0.1) is 0 Å². The quantitative estimate of drug-likeness (QED) is 0.195. The summed E-state index contributed by atoms with van der Waals surface area (Å²) in [7, 11) is 0. The number of nitrogens with zero attached hydrogens (tertiary/aromatic N) is 2. The number of hydrogen-bond acceptors (Lipinski definition) is 2. The molecule has 0 radical (unpaired) electrons. The molecular weight excluding hydrogens is 611 g/mol. The molecular formula is C37H42N2O2Pd. The topological polar surface area (TPSA) is 44.0 Å². The maximum atomic E-state index is 11.2. The largest absolute Gasteiger partial charge is 0.289 e. The van der Waals surface area contributed by atoms with Crippen molar-refractivity contribution in [2.75, 3.05) is 0 Å². The predicted octanol–water partition coefficient (Wildman–Crippen LogP) is 9.46. The Balaban J connectivity index is 0.000000279. The summed E-state index contributed by atoms with van der Waals surface area (Å²) in [5, 5.41) is 0. The van der Waals surface area contributed by atoms with Crippen LogP contribution < -0.4 is 0 Å². The van der Waals surface area contributed by atoms with Gasteiger partial charge in [-0.3, -0.25) is 9.59 Å². The number of allylic oxidation sites excluding steroid dienone is 2. The molecule has 1 aliphatic carbocycles. The van der Waals surface area contributed by atoms with E-state index in [9.17, 15) is 9.59 Å². The molecule has 0 saturated heterocycles. The van der Waals surface area contributed by atoms with E-state index >= 15 is 0 Å². The fourth-order valence-corrected chi connectivity index (χ4v) is 6.38. The van der Waals surface area contributed by atoms with Gasteiger partial charge in [0.25, 0.3) is 0 Å². The molecule has 0 fully saturated rings. The van der Waals surface area contributed by atoms with Crippen molar-refractivity contribution in [1.29, 1.82) is 0 Å². The molecule has 1 aromatic heterocycles. The summed E-state index contributed by atoms with van der Waals surface area (Å²) in [4.78, 5) is 22.4. The van der Waals surface area contributed by atoms with Crippen molar-refractivity contribution in [3.8, 4) is 11.4 Å². The standard InChI is InChI=1S/C27H36N2.C10H6O2.Pd/c1-18(2)22-11-9-13-24(26(22)20(5)6)28-15-16-29(17-28)25-14-10-12-23(19(3)4)27(25)21(7)8;11-9-5-6-10(12)8-4-2-1-3-7(8)9;/h9-16,18-21H,1-8H3;1-6H;. The zero-order valence-electron chi connectivity index (χ0n) is 25.9. The van der Waals surface area contributed by atoms with E-state index in [0.29, 0.717) is 34.8 Å². The number of rotatable bonds is 6. The molecule has 0 amide bonds. The zero-order valence-corrected chi connectivity index (χ0v) is 27.5. The maximum Gasteiger partial charge on any atom is 0.186 e. The number of ketones is 2. The number of fused-ring (bicyclic) bond motifs is 1. The Labute approximate surface area is 261 Å². The van der Waals surface area contributed by atoms with Gasteiger partial charge in [-0.15, -0.1) is 0 Å². The van der Waals surface area contributed by atoms with Crippen LogP contribution in [0.4, 0.5) is 0 Å². The van der Waals surface area contributed by atoms with Crippen LogP contribution in [0, 0.1) is 3.89 Å². The Hall–Kier alpha value is -3.39. The van der Waals surface area contributed by atoms with Gasteiger partial charge in [-0.25, -0.2) is 0 Å². The van der Waals surface area contributed by atoms with E-state index in [1.165, 1.54) is 45.8 Å². The number of carbonyl (C=O) groups is 2. The molecule has 1 aliphatic rings. The fraction of sp³-hybridized carbons (Fsp3) is 0.324. The van der Waals surface area contributed by atoms with E-state index in [2.05, 4.69) is 132 Å². The van der Waals surface area contributed by atoms with Gasteiger partial charge < -0.3 is 0 Å². The van der Waals surface area contributed by atoms with Crippen LogP contribution in [0.3, 0.4) is 0 Å². The molecule has 0 spiro atoms. The molecule has 0 aliphatic heterocycles. The summed E-state index contributed by atoms with van der Waals surface area (Å²) in [5.41, 5.74) is 9.28. The average molecular weight is 653 g/mol. The summed E-state index contributed by atoms with van der Waals surface area (Å²) in [6.45, 7) is 18.3. The molecule has 0 bridgehead atoms. The summed E-state index contributed by atoms with van der Waals surface area (Å²) < 4.78 is 5.69. The van der Waals surface area contributed by atoms with Crippen molar-refractivity contribution in [2.24, 2.45) is 0 Å². The van der Waals surface area contributed by atoms with Gasteiger partial charge in [0.1, 0.15) is 0 Å². The smallest absolute Gasteiger partial charge is 0.186 e. The second-order valence-electron chi connectivity index (χ2n) is 12.1. The van der Waals surface area contributed by atoms with E-state index in [0.717, 1.165) is 3.89 Å². The third kappa shape index (κ3) is 6.34. The predicted molar refractivity (Wildman–Crippen MR) is 169 cm³/mol. The van der Waals surface area contributed by atoms with E-state index in [1.807, 2.05) is 0 Å². The Morgan fingerprint density at radius 3 is 1.24 bits per heavy atom. The molecule has 42 heavy (non-hydrogen) atoms. The van der Waals surface area contributed by atoms with Crippen LogP contribution in [0.2, 0.25) is 0 Å². The summed E-state index contributed by atoms with van der Waals surface area (Å²) in [6, 6.07) is 20.3. The normalized spacial score (nSPS) is 12.8. The first-order valence-electron chi connectivity index (χ1n) is 14.8. The van der Waals surface area contributed by atoms with E-state index in [-0.39, 0.29) is 11.6 Å². The molecule has 0 N–H and O–H groups in total. The van der Waals surface area contributed by atoms with E-state index in [1.54, 1.807) is 24.3 Å². The van der Waals surface area contributed by atoms with Gasteiger partial charge in [-0.05, 0) is 12.2 Å². The second-order valence-corrected chi connectivity index (χ2v) is 12.8. The van der Waals surface area contributed by atoms with Gasteiger partial charge in [0, 0.05) is 11.1 Å². The van der Waals surface area contributed by atoms with Crippen LogP contribution in [0.1, 0.15) is 122 Å². The molecule has 0 saturated carbocycles. The zero-order chi connectivity index (χ0) is 30.7. The Bertz CT molecular complexity index is 1580.